The number of hydrogen-bond acceptors (Lipinski definition) is 2. The number of methoxy groups -OCH3 is 1. The van der Waals surface area contributed by atoms with Crippen molar-refractivity contribution in [3.05, 3.63) is 59.4 Å². The summed E-state index contributed by atoms with van der Waals surface area (Å²) in [6.45, 7) is 1.99. The average Bonchev–Trinajstić information content (AvgIpc) is 2.37. The molecule has 1 aromatic carbocycles. The Morgan fingerprint density at radius 1 is 1.00 bits per heavy atom. The molecule has 0 bridgehead atoms. The molecule has 0 N–H and O–H groups in total. The summed E-state index contributed by atoms with van der Waals surface area (Å²) in [4.78, 5) is 4.42. The van der Waals surface area contributed by atoms with E-state index >= 15 is 0 Å². The van der Waals surface area contributed by atoms with Crippen LogP contribution in [0.5, 0.6) is 5.75 Å². The monoisotopic (exact) mass is 225 g/mol. The lowest BCUT2D eigenvalue weighted by Gasteiger charge is -2.03. The minimum atomic E-state index is 0.872. The van der Waals surface area contributed by atoms with Crippen molar-refractivity contribution >= 4 is 12.2 Å². The highest BCUT2D eigenvalue weighted by Gasteiger charge is 1.96. The van der Waals surface area contributed by atoms with Crippen molar-refractivity contribution in [2.45, 2.75) is 6.92 Å². The van der Waals surface area contributed by atoms with E-state index in [-0.39, 0.29) is 0 Å². The van der Waals surface area contributed by atoms with E-state index in [1.165, 1.54) is 0 Å². The van der Waals surface area contributed by atoms with Gasteiger partial charge in [-0.15, -0.1) is 0 Å². The number of ether oxygens (including phenoxy) is 1. The van der Waals surface area contributed by atoms with Crippen molar-refractivity contribution in [1.82, 2.24) is 4.98 Å². The summed E-state index contributed by atoms with van der Waals surface area (Å²) in [7, 11) is 1.68. The standard InChI is InChI=1S/C15H15NO/c1-12-6-5-8-14(16-12)11-10-13-7-3-4-9-15(13)17-2/h3-11H,1-2H3. The molecule has 1 aromatic heterocycles. The first-order valence-electron chi connectivity index (χ1n) is 5.54. The van der Waals surface area contributed by atoms with Gasteiger partial charge in [0.15, 0.2) is 0 Å². The van der Waals surface area contributed by atoms with Crippen LogP contribution in [-0.4, -0.2) is 12.1 Å². The molecule has 0 aliphatic carbocycles. The molecule has 86 valence electrons. The largest absolute Gasteiger partial charge is 0.496 e. The van der Waals surface area contributed by atoms with Crippen molar-refractivity contribution in [3.8, 4) is 5.75 Å². The molecule has 0 radical (unpaired) electrons. The summed E-state index contributed by atoms with van der Waals surface area (Å²) in [6, 6.07) is 13.9. The third-order valence-corrected chi connectivity index (χ3v) is 2.48. The highest BCUT2D eigenvalue weighted by Crippen LogP contribution is 2.19. The molecule has 1 heterocycles. The lowest BCUT2D eigenvalue weighted by Crippen LogP contribution is -1.86. The fourth-order valence-electron chi connectivity index (χ4n) is 1.64. The van der Waals surface area contributed by atoms with E-state index in [1.807, 2.05) is 61.5 Å². The second-order valence-corrected chi connectivity index (χ2v) is 3.78. The third-order valence-electron chi connectivity index (χ3n) is 2.48. The Morgan fingerprint density at radius 3 is 2.59 bits per heavy atom. The van der Waals surface area contributed by atoms with Gasteiger partial charge >= 0.3 is 0 Å². The van der Waals surface area contributed by atoms with Crippen LogP contribution in [-0.2, 0) is 0 Å². The van der Waals surface area contributed by atoms with Crippen LogP contribution in [0.15, 0.2) is 42.5 Å². The van der Waals surface area contributed by atoms with Crippen LogP contribution < -0.4 is 4.74 Å². The van der Waals surface area contributed by atoms with E-state index in [9.17, 15) is 0 Å². The molecule has 0 atom stereocenters. The van der Waals surface area contributed by atoms with Gasteiger partial charge < -0.3 is 4.74 Å². The normalized spacial score (nSPS) is 10.7. The van der Waals surface area contributed by atoms with Gasteiger partial charge in [0.2, 0.25) is 0 Å². The van der Waals surface area contributed by atoms with Crippen LogP contribution in [0.4, 0.5) is 0 Å². The van der Waals surface area contributed by atoms with Gasteiger partial charge in [0.1, 0.15) is 5.75 Å². The summed E-state index contributed by atoms with van der Waals surface area (Å²) in [5, 5.41) is 0. The van der Waals surface area contributed by atoms with Crippen molar-refractivity contribution in [3.63, 3.8) is 0 Å². The van der Waals surface area contributed by atoms with Crippen LogP contribution in [0, 0.1) is 6.92 Å². The minimum absolute atomic E-state index is 0.872. The van der Waals surface area contributed by atoms with E-state index in [4.69, 9.17) is 4.74 Å². The predicted octanol–water partition coefficient (Wildman–Crippen LogP) is 3.57. The van der Waals surface area contributed by atoms with Gasteiger partial charge in [-0.05, 0) is 37.3 Å². The van der Waals surface area contributed by atoms with E-state index in [0.717, 1.165) is 22.7 Å². The van der Waals surface area contributed by atoms with Gasteiger partial charge in [0.05, 0.1) is 12.8 Å². The van der Waals surface area contributed by atoms with Gasteiger partial charge in [0, 0.05) is 11.3 Å². The molecular formula is C15H15NO. The Bertz CT molecular complexity index is 532. The van der Waals surface area contributed by atoms with Crippen molar-refractivity contribution in [2.75, 3.05) is 7.11 Å². The van der Waals surface area contributed by atoms with Gasteiger partial charge in [-0.2, -0.15) is 0 Å². The molecule has 2 aromatic rings. The summed E-state index contributed by atoms with van der Waals surface area (Å²) in [6.07, 6.45) is 4.01. The maximum Gasteiger partial charge on any atom is 0.126 e. The molecule has 0 aliphatic rings. The Balaban J connectivity index is 2.26. The summed E-state index contributed by atoms with van der Waals surface area (Å²) in [5.74, 6) is 0.872. The Labute approximate surface area is 102 Å². The number of benzene rings is 1. The number of aryl methyl sites for hydroxylation is 1. The topological polar surface area (TPSA) is 22.1 Å². The lowest BCUT2D eigenvalue weighted by atomic mass is 10.1. The van der Waals surface area contributed by atoms with Gasteiger partial charge in [-0.25, -0.2) is 0 Å². The van der Waals surface area contributed by atoms with Crippen LogP contribution in [0.25, 0.3) is 12.2 Å². The Morgan fingerprint density at radius 2 is 1.82 bits per heavy atom. The van der Waals surface area contributed by atoms with Crippen LogP contribution >= 0.6 is 0 Å². The molecule has 0 aliphatic heterocycles. The maximum absolute atomic E-state index is 5.29. The van der Waals surface area contributed by atoms with Crippen molar-refractivity contribution in [2.24, 2.45) is 0 Å². The fourth-order valence-corrected chi connectivity index (χ4v) is 1.64. The van der Waals surface area contributed by atoms with Crippen molar-refractivity contribution in [1.29, 1.82) is 0 Å². The molecule has 0 amide bonds. The van der Waals surface area contributed by atoms with Crippen LogP contribution in [0.1, 0.15) is 17.0 Å². The Hall–Kier alpha value is -2.09. The Kier molecular flexibility index (Phi) is 3.55. The average molecular weight is 225 g/mol. The lowest BCUT2D eigenvalue weighted by molar-refractivity contribution is 0.414. The first kappa shape index (κ1) is 11.4. The zero-order chi connectivity index (χ0) is 12.1. The predicted molar refractivity (Wildman–Crippen MR) is 70.9 cm³/mol. The fraction of sp³-hybridized carbons (Fsp3) is 0.133. The smallest absolute Gasteiger partial charge is 0.126 e. The molecular weight excluding hydrogens is 210 g/mol. The quantitative estimate of drug-likeness (QED) is 0.796. The first-order valence-corrected chi connectivity index (χ1v) is 5.54. The number of rotatable bonds is 3. The molecule has 0 unspecified atom stereocenters. The van der Waals surface area contributed by atoms with Gasteiger partial charge in [0.25, 0.3) is 0 Å². The zero-order valence-electron chi connectivity index (χ0n) is 10.1. The van der Waals surface area contributed by atoms with Gasteiger partial charge in [-0.3, -0.25) is 4.98 Å². The highest BCUT2D eigenvalue weighted by molar-refractivity contribution is 5.71. The third kappa shape index (κ3) is 2.94. The summed E-state index contributed by atoms with van der Waals surface area (Å²) >= 11 is 0. The second-order valence-electron chi connectivity index (χ2n) is 3.78. The molecule has 0 saturated heterocycles. The molecule has 0 spiro atoms. The molecule has 2 nitrogen and oxygen atoms in total. The van der Waals surface area contributed by atoms with Gasteiger partial charge in [-0.1, -0.05) is 24.3 Å². The zero-order valence-corrected chi connectivity index (χ0v) is 10.1. The van der Waals surface area contributed by atoms with Crippen LogP contribution in [0.2, 0.25) is 0 Å². The van der Waals surface area contributed by atoms with E-state index < -0.39 is 0 Å². The second kappa shape index (κ2) is 5.30. The minimum Gasteiger partial charge on any atom is -0.496 e. The number of aromatic nitrogens is 1. The number of nitrogens with zero attached hydrogens (tertiary/aromatic N) is 1. The molecule has 17 heavy (non-hydrogen) atoms. The number of hydrogen-bond donors (Lipinski definition) is 0. The molecule has 0 fully saturated rings. The van der Waals surface area contributed by atoms with E-state index in [0.29, 0.717) is 0 Å². The highest BCUT2D eigenvalue weighted by atomic mass is 16.5. The van der Waals surface area contributed by atoms with Crippen molar-refractivity contribution < 1.29 is 4.74 Å². The van der Waals surface area contributed by atoms with E-state index in [2.05, 4.69) is 4.98 Å². The summed E-state index contributed by atoms with van der Waals surface area (Å²) < 4.78 is 5.29. The molecule has 2 heteroatoms. The SMILES string of the molecule is COc1ccccc1C=Cc1cccc(C)n1. The first-order chi connectivity index (χ1) is 8.29. The molecule has 2 rings (SSSR count). The maximum atomic E-state index is 5.29. The van der Waals surface area contributed by atoms with Crippen LogP contribution in [0.3, 0.4) is 0 Å². The number of para-hydroxylation sites is 1. The summed E-state index contributed by atoms with van der Waals surface area (Å²) in [5.41, 5.74) is 3.03. The van der Waals surface area contributed by atoms with E-state index in [1.54, 1.807) is 7.11 Å². The number of pyridine rings is 1. The molecule has 0 saturated carbocycles.